The predicted molar refractivity (Wildman–Crippen MR) is 61.4 cm³/mol. The number of carbonyl (C=O) groups excluding carboxylic acids is 1. The summed E-state index contributed by atoms with van der Waals surface area (Å²) in [7, 11) is 0. The lowest BCUT2D eigenvalue weighted by Gasteiger charge is -2.02. The van der Waals surface area contributed by atoms with Gasteiger partial charge in [0.2, 0.25) is 0 Å². The second-order valence-corrected chi connectivity index (χ2v) is 3.40. The van der Waals surface area contributed by atoms with Gasteiger partial charge in [-0.15, -0.1) is 0 Å². The van der Waals surface area contributed by atoms with Crippen molar-refractivity contribution in [1.82, 2.24) is 4.98 Å². The lowest BCUT2D eigenvalue weighted by molar-refractivity contribution is -0.384. The highest BCUT2D eigenvalue weighted by atomic mass is 16.6. The maximum Gasteiger partial charge on any atom is 0.278 e. The van der Waals surface area contributed by atoms with Gasteiger partial charge in [0.15, 0.2) is 0 Å². The molecule has 2 rings (SSSR count). The zero-order valence-electron chi connectivity index (χ0n) is 8.71. The molecule has 0 fully saturated rings. The first-order valence-corrected chi connectivity index (χ1v) is 4.82. The Kier molecular flexibility index (Phi) is 2.61. The standard InChI is InChI=1S/C11H9N3O3/c12-11(15)8-5-6-13-10(8)7-3-1-2-4-9(7)14(16)17/h1-6,13H,(H2,12,15). The Morgan fingerprint density at radius 2 is 2.00 bits per heavy atom. The zero-order valence-corrected chi connectivity index (χ0v) is 8.71. The molecule has 0 aliphatic heterocycles. The zero-order chi connectivity index (χ0) is 12.4. The van der Waals surface area contributed by atoms with Crippen LogP contribution in [0.5, 0.6) is 0 Å². The number of hydrogen-bond acceptors (Lipinski definition) is 3. The van der Waals surface area contributed by atoms with E-state index in [0.717, 1.165) is 0 Å². The third-order valence-electron chi connectivity index (χ3n) is 2.38. The van der Waals surface area contributed by atoms with E-state index in [4.69, 9.17) is 5.73 Å². The molecule has 0 aliphatic carbocycles. The summed E-state index contributed by atoms with van der Waals surface area (Å²) in [6, 6.07) is 7.66. The van der Waals surface area contributed by atoms with Crippen LogP contribution in [-0.4, -0.2) is 15.8 Å². The quantitative estimate of drug-likeness (QED) is 0.620. The van der Waals surface area contributed by atoms with E-state index in [-0.39, 0.29) is 11.3 Å². The van der Waals surface area contributed by atoms with E-state index in [1.807, 2.05) is 0 Å². The second kappa shape index (κ2) is 4.09. The van der Waals surface area contributed by atoms with Gasteiger partial charge in [0.1, 0.15) is 0 Å². The molecular formula is C11H9N3O3. The molecule has 0 aliphatic rings. The van der Waals surface area contributed by atoms with Crippen molar-refractivity contribution in [2.75, 3.05) is 0 Å². The topological polar surface area (TPSA) is 102 Å². The summed E-state index contributed by atoms with van der Waals surface area (Å²) in [4.78, 5) is 24.3. The molecule has 0 saturated heterocycles. The number of aromatic amines is 1. The summed E-state index contributed by atoms with van der Waals surface area (Å²) in [6.07, 6.45) is 1.52. The molecule has 1 heterocycles. The van der Waals surface area contributed by atoms with Crippen LogP contribution in [0.4, 0.5) is 5.69 Å². The van der Waals surface area contributed by atoms with E-state index in [0.29, 0.717) is 11.3 Å². The molecule has 2 aromatic rings. The normalized spacial score (nSPS) is 10.1. The molecule has 0 bridgehead atoms. The number of rotatable bonds is 3. The van der Waals surface area contributed by atoms with E-state index in [1.54, 1.807) is 18.2 Å². The third kappa shape index (κ3) is 1.87. The van der Waals surface area contributed by atoms with E-state index in [1.165, 1.54) is 18.3 Å². The summed E-state index contributed by atoms with van der Waals surface area (Å²) in [5.41, 5.74) is 6.07. The molecule has 0 saturated carbocycles. The minimum atomic E-state index is -0.626. The van der Waals surface area contributed by atoms with Gasteiger partial charge in [0, 0.05) is 12.3 Å². The number of primary amides is 1. The third-order valence-corrected chi connectivity index (χ3v) is 2.38. The predicted octanol–water partition coefficient (Wildman–Crippen LogP) is 1.69. The molecule has 6 heteroatoms. The summed E-state index contributed by atoms with van der Waals surface area (Å²) in [5.74, 6) is -0.626. The van der Waals surface area contributed by atoms with Gasteiger partial charge >= 0.3 is 0 Å². The summed E-state index contributed by atoms with van der Waals surface area (Å²) >= 11 is 0. The molecule has 0 unspecified atom stereocenters. The van der Waals surface area contributed by atoms with Crippen molar-refractivity contribution in [3.8, 4) is 11.3 Å². The van der Waals surface area contributed by atoms with Crippen molar-refractivity contribution in [3.63, 3.8) is 0 Å². The van der Waals surface area contributed by atoms with Crippen LogP contribution in [0.25, 0.3) is 11.3 Å². The number of para-hydroxylation sites is 1. The molecule has 3 N–H and O–H groups in total. The Bertz CT molecular complexity index is 589. The van der Waals surface area contributed by atoms with Crippen molar-refractivity contribution in [3.05, 3.63) is 52.2 Å². The van der Waals surface area contributed by atoms with Gasteiger partial charge in [0.05, 0.1) is 21.7 Å². The maximum atomic E-state index is 11.2. The van der Waals surface area contributed by atoms with Gasteiger partial charge in [-0.2, -0.15) is 0 Å². The van der Waals surface area contributed by atoms with Gasteiger partial charge in [-0.1, -0.05) is 12.1 Å². The molecular weight excluding hydrogens is 222 g/mol. The van der Waals surface area contributed by atoms with Gasteiger partial charge in [0.25, 0.3) is 11.6 Å². The Morgan fingerprint density at radius 1 is 1.29 bits per heavy atom. The number of aromatic nitrogens is 1. The van der Waals surface area contributed by atoms with Crippen molar-refractivity contribution in [1.29, 1.82) is 0 Å². The SMILES string of the molecule is NC(=O)c1cc[nH]c1-c1ccccc1[N+](=O)[O-]. The average Bonchev–Trinajstić information content (AvgIpc) is 2.77. The first-order valence-electron chi connectivity index (χ1n) is 4.82. The summed E-state index contributed by atoms with van der Waals surface area (Å²) < 4.78 is 0. The Labute approximate surface area is 96.2 Å². The minimum Gasteiger partial charge on any atom is -0.366 e. The van der Waals surface area contributed by atoms with Crippen LogP contribution < -0.4 is 5.73 Å². The maximum absolute atomic E-state index is 11.2. The smallest absolute Gasteiger partial charge is 0.278 e. The number of nitrogens with zero attached hydrogens (tertiary/aromatic N) is 1. The van der Waals surface area contributed by atoms with Gasteiger partial charge in [-0.25, -0.2) is 0 Å². The van der Waals surface area contributed by atoms with Crippen LogP contribution in [0.15, 0.2) is 36.5 Å². The highest BCUT2D eigenvalue weighted by Gasteiger charge is 2.19. The first kappa shape index (κ1) is 10.9. The van der Waals surface area contributed by atoms with Crippen LogP contribution in [0.1, 0.15) is 10.4 Å². The van der Waals surface area contributed by atoms with E-state index in [2.05, 4.69) is 4.98 Å². The van der Waals surface area contributed by atoms with Gasteiger partial charge in [-0.3, -0.25) is 14.9 Å². The van der Waals surface area contributed by atoms with Crippen LogP contribution in [0.2, 0.25) is 0 Å². The fourth-order valence-electron chi connectivity index (χ4n) is 1.64. The molecule has 0 radical (unpaired) electrons. The summed E-state index contributed by atoms with van der Waals surface area (Å²) in [6.45, 7) is 0. The molecule has 1 aromatic carbocycles. The Hall–Kier alpha value is -2.63. The van der Waals surface area contributed by atoms with Gasteiger partial charge in [-0.05, 0) is 12.1 Å². The van der Waals surface area contributed by atoms with Gasteiger partial charge < -0.3 is 10.7 Å². The molecule has 6 nitrogen and oxygen atoms in total. The van der Waals surface area contributed by atoms with Crippen LogP contribution in [0, 0.1) is 10.1 Å². The fraction of sp³-hybridized carbons (Fsp3) is 0. The molecule has 1 aromatic heterocycles. The Balaban J connectivity index is 2.64. The first-order chi connectivity index (χ1) is 8.11. The highest BCUT2D eigenvalue weighted by Crippen LogP contribution is 2.30. The fourth-order valence-corrected chi connectivity index (χ4v) is 1.64. The number of hydrogen-bond donors (Lipinski definition) is 2. The number of benzene rings is 1. The number of amides is 1. The molecule has 17 heavy (non-hydrogen) atoms. The molecule has 0 spiro atoms. The number of nitro groups is 1. The number of carbonyl (C=O) groups is 1. The average molecular weight is 231 g/mol. The number of nitrogens with one attached hydrogen (secondary N) is 1. The van der Waals surface area contributed by atoms with E-state index >= 15 is 0 Å². The number of nitrogens with two attached hydrogens (primary N) is 1. The molecule has 86 valence electrons. The van der Waals surface area contributed by atoms with Crippen molar-refractivity contribution in [2.45, 2.75) is 0 Å². The van der Waals surface area contributed by atoms with Crippen LogP contribution >= 0.6 is 0 Å². The Morgan fingerprint density at radius 3 is 2.65 bits per heavy atom. The van der Waals surface area contributed by atoms with Crippen molar-refractivity contribution < 1.29 is 9.72 Å². The van der Waals surface area contributed by atoms with Crippen LogP contribution in [-0.2, 0) is 0 Å². The molecule has 1 amide bonds. The highest BCUT2D eigenvalue weighted by molar-refractivity contribution is 6.00. The second-order valence-electron chi connectivity index (χ2n) is 3.40. The van der Waals surface area contributed by atoms with Crippen LogP contribution in [0.3, 0.4) is 0 Å². The molecule has 0 atom stereocenters. The minimum absolute atomic E-state index is 0.0718. The van der Waals surface area contributed by atoms with E-state index < -0.39 is 10.8 Å². The summed E-state index contributed by atoms with van der Waals surface area (Å²) in [5, 5.41) is 10.9. The lowest BCUT2D eigenvalue weighted by atomic mass is 10.1. The monoisotopic (exact) mass is 231 g/mol. The lowest BCUT2D eigenvalue weighted by Crippen LogP contribution is -2.11. The van der Waals surface area contributed by atoms with Crippen molar-refractivity contribution >= 4 is 11.6 Å². The largest absolute Gasteiger partial charge is 0.366 e. The van der Waals surface area contributed by atoms with E-state index in [9.17, 15) is 14.9 Å². The number of H-pyrrole nitrogens is 1. The van der Waals surface area contributed by atoms with Crippen molar-refractivity contribution in [2.24, 2.45) is 5.73 Å². The number of nitro benzene ring substituents is 1.